The van der Waals surface area contributed by atoms with Crippen molar-refractivity contribution in [3.05, 3.63) is 35.4 Å². The van der Waals surface area contributed by atoms with Crippen LogP contribution in [0.4, 0.5) is 13.2 Å². The van der Waals surface area contributed by atoms with Gasteiger partial charge in [0, 0.05) is 12.0 Å². The highest BCUT2D eigenvalue weighted by atomic mass is 19.4. The minimum Gasteiger partial charge on any atom is -0.454 e. The van der Waals surface area contributed by atoms with Crippen molar-refractivity contribution in [2.45, 2.75) is 31.5 Å². The van der Waals surface area contributed by atoms with Gasteiger partial charge in [0.25, 0.3) is 0 Å². The van der Waals surface area contributed by atoms with Gasteiger partial charge in [-0.15, -0.1) is 0 Å². The molecule has 2 rings (SSSR count). The third-order valence-corrected chi connectivity index (χ3v) is 2.70. The van der Waals surface area contributed by atoms with Crippen molar-refractivity contribution < 1.29 is 22.7 Å². The van der Waals surface area contributed by atoms with Crippen molar-refractivity contribution >= 4 is 5.97 Å². The highest BCUT2D eigenvalue weighted by molar-refractivity contribution is 5.93. The fourth-order valence-electron chi connectivity index (χ4n) is 1.92. The molecule has 0 aromatic heterocycles. The van der Waals surface area contributed by atoms with E-state index in [4.69, 9.17) is 4.74 Å². The summed E-state index contributed by atoms with van der Waals surface area (Å²) < 4.78 is 41.0. The van der Waals surface area contributed by atoms with Crippen LogP contribution in [-0.2, 0) is 4.74 Å². The largest absolute Gasteiger partial charge is 0.454 e. The zero-order valence-corrected chi connectivity index (χ0v) is 8.96. The first-order valence-electron chi connectivity index (χ1n) is 5.34. The maximum Gasteiger partial charge on any atom is 0.389 e. The molecular weight excluding hydrogens is 233 g/mol. The predicted octanol–water partition coefficient (Wildman–Crippen LogP) is 3.63. The summed E-state index contributed by atoms with van der Waals surface area (Å²) >= 11 is 0. The summed E-state index contributed by atoms with van der Waals surface area (Å²) in [5.41, 5.74) is 1.16. The second kappa shape index (κ2) is 4.39. The first-order chi connectivity index (χ1) is 7.97. The van der Waals surface area contributed by atoms with Crippen LogP contribution in [0.3, 0.4) is 0 Å². The predicted molar refractivity (Wildman–Crippen MR) is 54.5 cm³/mol. The number of cyclic esters (lactones) is 1. The smallest absolute Gasteiger partial charge is 0.389 e. The molecule has 0 fully saturated rings. The maximum atomic E-state index is 12.0. The molecule has 0 aliphatic carbocycles. The van der Waals surface area contributed by atoms with Crippen LogP contribution in [0.15, 0.2) is 24.3 Å². The number of rotatable bonds is 3. The normalized spacial score (nSPS) is 19.0. The number of carbonyl (C=O) groups excluding carboxylic acids is 1. The molecule has 5 heteroatoms. The Labute approximate surface area is 96.4 Å². The van der Waals surface area contributed by atoms with Crippen LogP contribution >= 0.6 is 0 Å². The van der Waals surface area contributed by atoms with E-state index in [0.717, 1.165) is 0 Å². The van der Waals surface area contributed by atoms with Crippen molar-refractivity contribution in [2.24, 2.45) is 0 Å². The Balaban J connectivity index is 1.99. The number of hydrogen-bond donors (Lipinski definition) is 0. The van der Waals surface area contributed by atoms with E-state index < -0.39 is 24.7 Å². The number of carbonyl (C=O) groups is 1. The van der Waals surface area contributed by atoms with Gasteiger partial charge < -0.3 is 4.74 Å². The fraction of sp³-hybridized carbons (Fsp3) is 0.417. The third kappa shape index (κ3) is 2.78. The number of benzene rings is 1. The van der Waals surface area contributed by atoms with E-state index in [2.05, 4.69) is 0 Å². The lowest BCUT2D eigenvalue weighted by Gasteiger charge is -2.11. The summed E-state index contributed by atoms with van der Waals surface area (Å²) in [6.45, 7) is 0. The van der Waals surface area contributed by atoms with E-state index in [-0.39, 0.29) is 12.8 Å². The monoisotopic (exact) mass is 244 g/mol. The van der Waals surface area contributed by atoms with Gasteiger partial charge in [-0.3, -0.25) is 0 Å². The minimum atomic E-state index is -4.15. The van der Waals surface area contributed by atoms with E-state index in [1.807, 2.05) is 0 Å². The molecule has 0 bridgehead atoms. The zero-order chi connectivity index (χ0) is 12.5. The van der Waals surface area contributed by atoms with Gasteiger partial charge in [0.2, 0.25) is 0 Å². The molecule has 0 amide bonds. The molecule has 17 heavy (non-hydrogen) atoms. The Bertz CT molecular complexity index is 426. The fourth-order valence-corrected chi connectivity index (χ4v) is 1.92. The molecule has 0 radical (unpaired) electrons. The van der Waals surface area contributed by atoms with Crippen molar-refractivity contribution in [3.63, 3.8) is 0 Å². The summed E-state index contributed by atoms with van der Waals surface area (Å²) in [4.78, 5) is 11.4. The summed E-state index contributed by atoms with van der Waals surface area (Å²) in [7, 11) is 0. The van der Waals surface area contributed by atoms with Gasteiger partial charge in [-0.05, 0) is 18.9 Å². The van der Waals surface area contributed by atoms with Gasteiger partial charge >= 0.3 is 12.1 Å². The lowest BCUT2D eigenvalue weighted by atomic mass is 10.0. The van der Waals surface area contributed by atoms with E-state index in [0.29, 0.717) is 11.1 Å². The van der Waals surface area contributed by atoms with Crippen LogP contribution in [0.2, 0.25) is 0 Å². The van der Waals surface area contributed by atoms with Crippen LogP contribution in [0.25, 0.3) is 0 Å². The van der Waals surface area contributed by atoms with Crippen LogP contribution < -0.4 is 0 Å². The zero-order valence-electron chi connectivity index (χ0n) is 8.96. The maximum absolute atomic E-state index is 12.0. The average Bonchev–Trinajstić information content (AvgIpc) is 2.55. The molecule has 1 aliphatic heterocycles. The molecule has 0 saturated heterocycles. The highest BCUT2D eigenvalue weighted by Crippen LogP contribution is 2.35. The van der Waals surface area contributed by atoms with Crippen LogP contribution in [0, 0.1) is 0 Å². The minimum absolute atomic E-state index is 0.0320. The molecule has 1 aliphatic rings. The van der Waals surface area contributed by atoms with Gasteiger partial charge in [0.05, 0.1) is 5.56 Å². The molecule has 0 saturated carbocycles. The second-order valence-corrected chi connectivity index (χ2v) is 3.99. The Morgan fingerprint density at radius 3 is 2.65 bits per heavy atom. The van der Waals surface area contributed by atoms with E-state index in [9.17, 15) is 18.0 Å². The molecule has 0 N–H and O–H groups in total. The third-order valence-electron chi connectivity index (χ3n) is 2.70. The molecule has 1 aromatic rings. The van der Waals surface area contributed by atoms with E-state index in [1.165, 1.54) is 0 Å². The molecule has 1 heterocycles. The lowest BCUT2D eigenvalue weighted by molar-refractivity contribution is -0.136. The lowest BCUT2D eigenvalue weighted by Crippen LogP contribution is -2.08. The van der Waals surface area contributed by atoms with Gasteiger partial charge in [0.15, 0.2) is 0 Å². The highest BCUT2D eigenvalue weighted by Gasteiger charge is 2.32. The molecule has 92 valence electrons. The number of alkyl halides is 3. The number of esters is 1. The van der Waals surface area contributed by atoms with Gasteiger partial charge in [-0.2, -0.15) is 13.2 Å². The molecule has 1 aromatic carbocycles. The Kier molecular flexibility index (Phi) is 3.09. The Hall–Kier alpha value is -1.52. The van der Waals surface area contributed by atoms with Crippen molar-refractivity contribution in [3.8, 4) is 0 Å². The van der Waals surface area contributed by atoms with E-state index >= 15 is 0 Å². The van der Waals surface area contributed by atoms with Gasteiger partial charge in [0.1, 0.15) is 6.10 Å². The first-order valence-corrected chi connectivity index (χ1v) is 5.34. The summed E-state index contributed by atoms with van der Waals surface area (Å²) in [5, 5.41) is 0. The van der Waals surface area contributed by atoms with Crippen molar-refractivity contribution in [2.75, 3.05) is 0 Å². The van der Waals surface area contributed by atoms with Gasteiger partial charge in [-0.25, -0.2) is 4.79 Å². The number of ether oxygens (including phenoxy) is 1. The van der Waals surface area contributed by atoms with Crippen molar-refractivity contribution in [1.82, 2.24) is 0 Å². The Morgan fingerprint density at radius 1 is 1.24 bits per heavy atom. The summed E-state index contributed by atoms with van der Waals surface area (Å²) in [6.07, 6.45) is -5.34. The van der Waals surface area contributed by atoms with Crippen molar-refractivity contribution in [1.29, 1.82) is 0 Å². The number of halogens is 3. The average molecular weight is 244 g/mol. The molecule has 1 unspecified atom stereocenters. The standard InChI is InChI=1S/C12H11F3O2/c13-12(14,15)7-3-6-10-8-4-1-2-5-9(8)11(16)17-10/h1-2,4-5,10H,3,6-7H2. The van der Waals surface area contributed by atoms with Gasteiger partial charge in [-0.1, -0.05) is 18.2 Å². The molecular formula is C12H11F3O2. The van der Waals surface area contributed by atoms with Crippen LogP contribution in [0.1, 0.15) is 41.3 Å². The van der Waals surface area contributed by atoms with Crippen LogP contribution in [-0.4, -0.2) is 12.1 Å². The molecule has 1 atom stereocenters. The summed E-state index contributed by atoms with van der Waals surface area (Å²) in [6, 6.07) is 6.80. The molecule has 2 nitrogen and oxygen atoms in total. The van der Waals surface area contributed by atoms with E-state index in [1.54, 1.807) is 24.3 Å². The Morgan fingerprint density at radius 2 is 1.94 bits per heavy atom. The second-order valence-electron chi connectivity index (χ2n) is 3.99. The molecule has 0 spiro atoms. The van der Waals surface area contributed by atoms with Crippen LogP contribution in [0.5, 0.6) is 0 Å². The summed E-state index contributed by atoms with van der Waals surface area (Å²) in [5.74, 6) is -0.447. The SMILES string of the molecule is O=C1OC(CCCC(F)(F)F)c2ccccc21. The number of fused-ring (bicyclic) bond motifs is 1. The first kappa shape index (κ1) is 12.0. The topological polar surface area (TPSA) is 26.3 Å². The quantitative estimate of drug-likeness (QED) is 0.759. The number of hydrogen-bond acceptors (Lipinski definition) is 2.